The van der Waals surface area contributed by atoms with E-state index in [-0.39, 0.29) is 33.8 Å². The van der Waals surface area contributed by atoms with Gasteiger partial charge in [-0.15, -0.1) is 0 Å². The molecule has 3 aromatic carbocycles. The summed E-state index contributed by atoms with van der Waals surface area (Å²) < 4.78 is 0. The van der Waals surface area contributed by atoms with Gasteiger partial charge in [-0.3, -0.25) is 28.8 Å². The molecular weight excluding hydrogens is 588 g/mol. The number of rotatable bonds is 3. The number of fused-ring (bicyclic) bond motifs is 6. The number of nitrogens with one attached hydrogen (secondary N) is 6. The van der Waals surface area contributed by atoms with Crippen molar-refractivity contribution in [3.8, 4) is 0 Å². The molecule has 15 nitrogen and oxygen atoms in total. The number of aliphatic hydroxyl groups excluding tert-OH is 3. The first-order valence-corrected chi connectivity index (χ1v) is 13.6. The maximum atomic E-state index is 12.9. The van der Waals surface area contributed by atoms with Crippen LogP contribution in [0.2, 0.25) is 0 Å². The van der Waals surface area contributed by atoms with E-state index in [4.69, 9.17) is 0 Å². The zero-order valence-electron chi connectivity index (χ0n) is 23.6. The molecule has 6 bridgehead atoms. The number of benzene rings is 3. The smallest absolute Gasteiger partial charge is 0.252 e. The minimum absolute atomic E-state index is 0.0223. The second-order valence-electron chi connectivity index (χ2n) is 9.84. The SMILES string of the molecule is O=C1N[C@@H](CO)C(=O)Nc2cccc(c2)C(=O)N[C@H](CO)C(=O)Nc2cccc(c2)C(=O)N[C@H](CO)C(=O)Nc2cccc1c2. The van der Waals surface area contributed by atoms with Crippen LogP contribution in [0.4, 0.5) is 17.1 Å². The van der Waals surface area contributed by atoms with Crippen molar-refractivity contribution in [2.45, 2.75) is 18.1 Å². The molecule has 6 amide bonds. The molecule has 234 valence electrons. The van der Waals surface area contributed by atoms with Gasteiger partial charge >= 0.3 is 0 Å². The average Bonchev–Trinajstić information content (AvgIpc) is 3.04. The van der Waals surface area contributed by atoms with Crippen molar-refractivity contribution in [3.05, 3.63) is 89.5 Å². The minimum Gasteiger partial charge on any atom is -0.394 e. The van der Waals surface area contributed by atoms with Gasteiger partial charge in [0.1, 0.15) is 18.1 Å². The highest BCUT2D eigenvalue weighted by Crippen LogP contribution is 2.15. The third-order valence-electron chi connectivity index (χ3n) is 6.59. The van der Waals surface area contributed by atoms with Crippen LogP contribution in [0.5, 0.6) is 0 Å². The van der Waals surface area contributed by atoms with Crippen LogP contribution in [-0.4, -0.2) is 88.7 Å². The predicted octanol–water partition coefficient (Wildman–Crippen LogP) is -0.812. The Hall–Kier alpha value is -5.64. The Balaban J connectivity index is 1.67. The maximum Gasteiger partial charge on any atom is 0.252 e. The van der Waals surface area contributed by atoms with Crippen LogP contribution in [0.3, 0.4) is 0 Å². The number of carbonyl (C=O) groups is 6. The highest BCUT2D eigenvalue weighted by Gasteiger charge is 2.25. The Bertz CT molecular complexity index is 1440. The van der Waals surface area contributed by atoms with E-state index in [0.717, 1.165) is 0 Å². The van der Waals surface area contributed by atoms with E-state index in [2.05, 4.69) is 31.9 Å². The van der Waals surface area contributed by atoms with Crippen molar-refractivity contribution < 1.29 is 44.1 Å². The van der Waals surface area contributed by atoms with Gasteiger partial charge in [0.25, 0.3) is 17.7 Å². The van der Waals surface area contributed by atoms with E-state index < -0.39 is 73.4 Å². The summed E-state index contributed by atoms with van der Waals surface area (Å²) in [5.41, 5.74) is 0.478. The Labute approximate surface area is 256 Å². The molecular formula is C30H30N6O9. The molecule has 3 atom stereocenters. The summed E-state index contributed by atoms with van der Waals surface area (Å²) in [7, 11) is 0. The van der Waals surface area contributed by atoms with Crippen molar-refractivity contribution in [3.63, 3.8) is 0 Å². The number of aliphatic hydroxyl groups is 3. The van der Waals surface area contributed by atoms with Crippen LogP contribution in [0.15, 0.2) is 72.8 Å². The standard InChI is InChI=1S/C30H30N6O9/c37-13-22-28(43)31-19-7-1-4-16(10-19)25(40)34-23(14-38)29(44)32-20-8-3-6-18(12-20)27(42)36-24(15-39)30(45)33-21-9-2-5-17(11-21)26(41)35-22/h1-12,22-24,37-39H,13-15H2,(H,31,43)(H,32,44)(H,33,45)(H,34,40)(H,35,41)(H,36,42)/t22-,23-,24+/m1/s1. The quantitative estimate of drug-likeness (QED) is 0.178. The topological polar surface area (TPSA) is 235 Å². The lowest BCUT2D eigenvalue weighted by Gasteiger charge is -2.19. The number of amides is 6. The summed E-state index contributed by atoms with van der Waals surface area (Å²) in [4.78, 5) is 77.4. The van der Waals surface area contributed by atoms with Gasteiger partial charge in [0.2, 0.25) is 17.7 Å². The summed E-state index contributed by atoms with van der Waals surface area (Å²) >= 11 is 0. The number of anilines is 3. The van der Waals surface area contributed by atoms with Gasteiger partial charge in [0.05, 0.1) is 19.8 Å². The van der Waals surface area contributed by atoms with Crippen LogP contribution >= 0.6 is 0 Å². The molecule has 3 aromatic rings. The summed E-state index contributed by atoms with van der Waals surface area (Å²) in [5, 5.41) is 44.1. The minimum atomic E-state index is -1.41. The molecule has 15 heteroatoms. The number of hydrogen-bond acceptors (Lipinski definition) is 9. The second kappa shape index (κ2) is 14.7. The predicted molar refractivity (Wildman–Crippen MR) is 160 cm³/mol. The van der Waals surface area contributed by atoms with Gasteiger partial charge in [-0.1, -0.05) is 18.2 Å². The fourth-order valence-electron chi connectivity index (χ4n) is 4.21. The monoisotopic (exact) mass is 618 g/mol. The largest absolute Gasteiger partial charge is 0.394 e. The lowest BCUT2D eigenvalue weighted by atomic mass is 10.1. The molecule has 0 fully saturated rings. The van der Waals surface area contributed by atoms with Crippen LogP contribution in [0.1, 0.15) is 31.1 Å². The van der Waals surface area contributed by atoms with Crippen molar-refractivity contribution in [1.82, 2.24) is 16.0 Å². The van der Waals surface area contributed by atoms with Crippen molar-refractivity contribution in [1.29, 1.82) is 0 Å². The van der Waals surface area contributed by atoms with Gasteiger partial charge in [-0.2, -0.15) is 0 Å². The number of hydrogen-bond donors (Lipinski definition) is 9. The molecule has 1 aliphatic heterocycles. The number of carbonyl (C=O) groups excluding carboxylic acids is 6. The maximum absolute atomic E-state index is 12.9. The van der Waals surface area contributed by atoms with Crippen molar-refractivity contribution in [2.75, 3.05) is 35.8 Å². The van der Waals surface area contributed by atoms with E-state index in [0.29, 0.717) is 0 Å². The molecule has 45 heavy (non-hydrogen) atoms. The zero-order valence-corrected chi connectivity index (χ0v) is 23.6. The van der Waals surface area contributed by atoms with E-state index in [1.54, 1.807) is 0 Å². The molecule has 0 aromatic heterocycles. The van der Waals surface area contributed by atoms with Gasteiger partial charge in [-0.05, 0) is 54.6 Å². The van der Waals surface area contributed by atoms with Crippen LogP contribution in [0, 0.1) is 0 Å². The fraction of sp³-hybridized carbons (Fsp3) is 0.200. The highest BCUT2D eigenvalue weighted by atomic mass is 16.3. The molecule has 0 aliphatic carbocycles. The molecule has 1 heterocycles. The molecule has 0 saturated heterocycles. The summed E-state index contributed by atoms with van der Waals surface area (Å²) in [5.74, 6) is -4.70. The van der Waals surface area contributed by atoms with Gasteiger partial charge < -0.3 is 47.2 Å². The van der Waals surface area contributed by atoms with E-state index in [1.807, 2.05) is 0 Å². The average molecular weight is 619 g/mol. The van der Waals surface area contributed by atoms with Gasteiger partial charge in [-0.25, -0.2) is 0 Å². The summed E-state index contributed by atoms with van der Waals surface area (Å²) in [6, 6.07) is 12.6. The van der Waals surface area contributed by atoms with E-state index in [1.165, 1.54) is 72.8 Å². The third-order valence-corrected chi connectivity index (χ3v) is 6.59. The van der Waals surface area contributed by atoms with E-state index in [9.17, 15) is 44.1 Å². The molecule has 0 unspecified atom stereocenters. The molecule has 9 N–H and O–H groups in total. The first-order valence-electron chi connectivity index (χ1n) is 13.6. The Morgan fingerprint density at radius 2 is 0.711 bits per heavy atom. The third kappa shape index (κ3) is 8.26. The van der Waals surface area contributed by atoms with E-state index >= 15 is 0 Å². The molecule has 0 spiro atoms. The van der Waals surface area contributed by atoms with Crippen LogP contribution < -0.4 is 31.9 Å². The Morgan fingerprint density at radius 3 is 0.956 bits per heavy atom. The first kappa shape index (κ1) is 32.3. The first-order chi connectivity index (χ1) is 21.6. The van der Waals surface area contributed by atoms with Crippen molar-refractivity contribution in [2.24, 2.45) is 0 Å². The van der Waals surface area contributed by atoms with Crippen LogP contribution in [0.25, 0.3) is 0 Å². The molecule has 4 rings (SSSR count). The molecule has 0 saturated carbocycles. The lowest BCUT2D eigenvalue weighted by Crippen LogP contribution is -2.47. The summed E-state index contributed by atoms with van der Waals surface area (Å²) in [6.07, 6.45) is 0. The molecule has 1 aliphatic rings. The Morgan fingerprint density at radius 1 is 0.444 bits per heavy atom. The fourth-order valence-corrected chi connectivity index (χ4v) is 4.21. The van der Waals surface area contributed by atoms with Crippen LogP contribution in [-0.2, 0) is 14.4 Å². The normalized spacial score (nSPS) is 19.9. The second-order valence-corrected chi connectivity index (χ2v) is 9.84. The lowest BCUT2D eigenvalue weighted by molar-refractivity contribution is -0.119. The highest BCUT2D eigenvalue weighted by molar-refractivity contribution is 6.06. The van der Waals surface area contributed by atoms with Crippen molar-refractivity contribution >= 4 is 52.5 Å². The molecule has 0 radical (unpaired) electrons. The Kier molecular flexibility index (Phi) is 10.5. The summed E-state index contributed by atoms with van der Waals surface area (Å²) in [6.45, 7) is -2.33. The van der Waals surface area contributed by atoms with Gasteiger partial charge in [0.15, 0.2) is 0 Å². The van der Waals surface area contributed by atoms with Gasteiger partial charge in [0, 0.05) is 33.8 Å². The zero-order chi connectivity index (χ0) is 32.5.